The first-order valence-electron chi connectivity index (χ1n) is 8.67. The van der Waals surface area contributed by atoms with Gasteiger partial charge in [-0.15, -0.1) is 0 Å². The number of nitro groups is 1. The van der Waals surface area contributed by atoms with Crippen LogP contribution in [-0.4, -0.2) is 34.2 Å². The smallest absolute Gasteiger partial charge is 0.324 e. The number of nitro benzene ring substituents is 1. The molecule has 1 aliphatic heterocycles. The van der Waals surface area contributed by atoms with Crippen molar-refractivity contribution in [3.8, 4) is 0 Å². The van der Waals surface area contributed by atoms with Crippen LogP contribution in [0.3, 0.4) is 0 Å². The molecule has 3 rings (SSSR count). The Hall–Kier alpha value is -3.17. The van der Waals surface area contributed by atoms with Crippen molar-refractivity contribution in [2.45, 2.75) is 19.4 Å². The zero-order chi connectivity index (χ0) is 22.2. The zero-order valence-electron chi connectivity index (χ0n) is 15.9. The van der Waals surface area contributed by atoms with E-state index in [0.29, 0.717) is 16.1 Å². The van der Waals surface area contributed by atoms with Crippen molar-refractivity contribution < 1.29 is 19.3 Å². The Balaban J connectivity index is 1.78. The predicted octanol–water partition coefficient (Wildman–Crippen LogP) is 3.62. The summed E-state index contributed by atoms with van der Waals surface area (Å²) in [6.07, 6.45) is 0. The van der Waals surface area contributed by atoms with E-state index >= 15 is 0 Å². The van der Waals surface area contributed by atoms with Gasteiger partial charge in [-0.3, -0.25) is 24.6 Å². The molecule has 30 heavy (non-hydrogen) atoms. The maximum atomic E-state index is 12.9. The lowest BCUT2D eigenvalue weighted by Crippen LogP contribution is -2.42. The lowest BCUT2D eigenvalue weighted by atomic mass is 9.92. The molecule has 0 saturated carbocycles. The molecule has 1 unspecified atom stereocenters. The van der Waals surface area contributed by atoms with Crippen LogP contribution in [0.5, 0.6) is 0 Å². The van der Waals surface area contributed by atoms with Crippen LogP contribution in [0, 0.1) is 17.0 Å². The number of urea groups is 1. The molecule has 0 spiro atoms. The van der Waals surface area contributed by atoms with E-state index in [9.17, 15) is 24.5 Å². The average Bonchev–Trinajstić information content (AvgIpc) is 2.86. The highest BCUT2D eigenvalue weighted by Crippen LogP contribution is 2.35. The third kappa shape index (κ3) is 3.94. The van der Waals surface area contributed by atoms with Crippen molar-refractivity contribution in [3.63, 3.8) is 0 Å². The van der Waals surface area contributed by atoms with E-state index in [2.05, 4.69) is 10.6 Å². The Bertz CT molecular complexity index is 1090. The van der Waals surface area contributed by atoms with E-state index in [0.717, 1.165) is 4.90 Å². The standard InChI is InChI=1S/C19H16Cl2N4O5/c1-10-3-5-12(8-15(10)25(29)30)22-16(26)9-24-17(27)19(2,23-18(24)28)13-6-4-11(20)7-14(13)21/h3-8H,9H2,1-2H3,(H,22,26)(H,23,28). The maximum Gasteiger partial charge on any atom is 0.325 e. The zero-order valence-corrected chi connectivity index (χ0v) is 17.4. The van der Waals surface area contributed by atoms with Crippen LogP contribution >= 0.6 is 23.2 Å². The molecule has 1 heterocycles. The number of anilines is 1. The highest BCUT2D eigenvalue weighted by Gasteiger charge is 2.50. The van der Waals surface area contributed by atoms with Crippen LogP contribution in [0.15, 0.2) is 36.4 Å². The topological polar surface area (TPSA) is 122 Å². The summed E-state index contributed by atoms with van der Waals surface area (Å²) in [5, 5.41) is 16.6. The molecule has 1 saturated heterocycles. The first-order valence-corrected chi connectivity index (χ1v) is 9.43. The third-order valence-electron chi connectivity index (χ3n) is 4.74. The predicted molar refractivity (Wildman–Crippen MR) is 111 cm³/mol. The van der Waals surface area contributed by atoms with Gasteiger partial charge in [0.2, 0.25) is 5.91 Å². The minimum absolute atomic E-state index is 0.159. The number of hydrogen-bond donors (Lipinski definition) is 2. The second kappa shape index (κ2) is 7.92. The Morgan fingerprint density at radius 3 is 2.57 bits per heavy atom. The lowest BCUT2D eigenvalue weighted by molar-refractivity contribution is -0.385. The van der Waals surface area contributed by atoms with Crippen LogP contribution in [-0.2, 0) is 15.1 Å². The normalized spacial score (nSPS) is 18.3. The lowest BCUT2D eigenvalue weighted by Gasteiger charge is -2.23. The van der Waals surface area contributed by atoms with Crippen molar-refractivity contribution in [1.29, 1.82) is 0 Å². The fraction of sp³-hybridized carbons (Fsp3) is 0.211. The van der Waals surface area contributed by atoms with Gasteiger partial charge in [0.1, 0.15) is 12.1 Å². The molecule has 0 bridgehead atoms. The van der Waals surface area contributed by atoms with E-state index in [1.54, 1.807) is 6.92 Å². The molecule has 1 atom stereocenters. The van der Waals surface area contributed by atoms with Gasteiger partial charge in [-0.25, -0.2) is 4.79 Å². The van der Waals surface area contributed by atoms with Gasteiger partial charge in [-0.05, 0) is 32.0 Å². The van der Waals surface area contributed by atoms with Crippen LogP contribution < -0.4 is 10.6 Å². The molecule has 1 fully saturated rings. The first kappa shape index (κ1) is 21.5. The number of nitrogens with zero attached hydrogens (tertiary/aromatic N) is 2. The molecule has 2 aromatic rings. The maximum absolute atomic E-state index is 12.9. The van der Waals surface area contributed by atoms with E-state index in [1.165, 1.54) is 43.3 Å². The van der Waals surface area contributed by atoms with Crippen molar-refractivity contribution in [1.82, 2.24) is 10.2 Å². The molecule has 2 aromatic carbocycles. The van der Waals surface area contributed by atoms with Crippen LogP contribution in [0.1, 0.15) is 18.1 Å². The second-order valence-electron chi connectivity index (χ2n) is 6.88. The van der Waals surface area contributed by atoms with Crippen molar-refractivity contribution in [3.05, 3.63) is 67.7 Å². The van der Waals surface area contributed by atoms with Crippen LogP contribution in [0.4, 0.5) is 16.2 Å². The van der Waals surface area contributed by atoms with Crippen molar-refractivity contribution in [2.75, 3.05) is 11.9 Å². The molecule has 11 heteroatoms. The molecule has 1 aliphatic rings. The molecule has 0 aliphatic carbocycles. The van der Waals surface area contributed by atoms with Gasteiger partial charge in [0.05, 0.1) is 4.92 Å². The van der Waals surface area contributed by atoms with Gasteiger partial charge >= 0.3 is 6.03 Å². The van der Waals surface area contributed by atoms with E-state index < -0.39 is 34.9 Å². The number of benzene rings is 2. The summed E-state index contributed by atoms with van der Waals surface area (Å²) in [6.45, 7) is 2.47. The summed E-state index contributed by atoms with van der Waals surface area (Å²) in [4.78, 5) is 48.9. The molecular formula is C19H16Cl2N4O5. The Kier molecular flexibility index (Phi) is 5.69. The molecule has 0 radical (unpaired) electrons. The number of amides is 4. The summed E-state index contributed by atoms with van der Waals surface area (Å²) in [5.74, 6) is -1.36. The number of carbonyl (C=O) groups is 3. The summed E-state index contributed by atoms with van der Waals surface area (Å²) >= 11 is 12.1. The molecule has 0 aromatic heterocycles. The fourth-order valence-electron chi connectivity index (χ4n) is 3.15. The Morgan fingerprint density at radius 2 is 1.93 bits per heavy atom. The highest BCUT2D eigenvalue weighted by atomic mass is 35.5. The van der Waals surface area contributed by atoms with E-state index in [1.807, 2.05) is 0 Å². The number of hydrogen-bond acceptors (Lipinski definition) is 5. The third-order valence-corrected chi connectivity index (χ3v) is 5.28. The summed E-state index contributed by atoms with van der Waals surface area (Å²) < 4.78 is 0. The van der Waals surface area contributed by atoms with Gasteiger partial charge in [-0.1, -0.05) is 35.3 Å². The number of imide groups is 1. The fourth-order valence-corrected chi connectivity index (χ4v) is 3.74. The number of aryl methyl sites for hydroxylation is 1. The molecule has 156 valence electrons. The summed E-state index contributed by atoms with van der Waals surface area (Å²) in [5.41, 5.74) is -0.686. The molecule has 4 amide bonds. The van der Waals surface area contributed by atoms with E-state index in [4.69, 9.17) is 23.2 Å². The van der Waals surface area contributed by atoms with Gasteiger partial charge < -0.3 is 10.6 Å². The van der Waals surface area contributed by atoms with Gasteiger partial charge in [0.25, 0.3) is 11.6 Å². The Morgan fingerprint density at radius 1 is 1.23 bits per heavy atom. The molecule has 2 N–H and O–H groups in total. The minimum atomic E-state index is -1.47. The van der Waals surface area contributed by atoms with Gasteiger partial charge in [-0.2, -0.15) is 0 Å². The summed E-state index contributed by atoms with van der Waals surface area (Å²) in [6, 6.07) is 7.92. The minimum Gasteiger partial charge on any atom is -0.324 e. The highest BCUT2D eigenvalue weighted by molar-refractivity contribution is 6.35. The van der Waals surface area contributed by atoms with Crippen LogP contribution in [0.2, 0.25) is 10.0 Å². The number of carbonyl (C=O) groups excluding carboxylic acids is 3. The summed E-state index contributed by atoms with van der Waals surface area (Å²) in [7, 11) is 0. The van der Waals surface area contributed by atoms with E-state index in [-0.39, 0.29) is 16.4 Å². The molecule has 9 nitrogen and oxygen atoms in total. The molecular weight excluding hydrogens is 435 g/mol. The second-order valence-corrected chi connectivity index (χ2v) is 7.72. The van der Waals surface area contributed by atoms with Gasteiger partial charge in [0, 0.05) is 32.9 Å². The van der Waals surface area contributed by atoms with Crippen molar-refractivity contribution in [2.24, 2.45) is 0 Å². The SMILES string of the molecule is Cc1ccc(NC(=O)CN2C(=O)NC(C)(c3ccc(Cl)cc3Cl)C2=O)cc1[N+](=O)[O-]. The van der Waals surface area contributed by atoms with Crippen molar-refractivity contribution >= 4 is 52.4 Å². The monoisotopic (exact) mass is 450 g/mol. The number of rotatable bonds is 5. The average molecular weight is 451 g/mol. The van der Waals surface area contributed by atoms with Crippen LogP contribution in [0.25, 0.3) is 0 Å². The number of halogens is 2. The largest absolute Gasteiger partial charge is 0.325 e. The van der Waals surface area contributed by atoms with Gasteiger partial charge in [0.15, 0.2) is 0 Å². The first-order chi connectivity index (χ1) is 14.0. The quantitative estimate of drug-likeness (QED) is 0.409. The number of nitrogens with one attached hydrogen (secondary N) is 2. The Labute approximate surface area is 181 Å².